The molecule has 0 amide bonds. The number of aryl methyl sites for hydroxylation is 1. The lowest BCUT2D eigenvalue weighted by molar-refractivity contribution is 0.635. The Labute approximate surface area is 100 Å². The molecule has 3 N–H and O–H groups in total. The number of halogens is 1. The lowest BCUT2D eigenvalue weighted by Crippen LogP contribution is -2.28. The fraction of sp³-hybridized carbons (Fsp3) is 0.222. The summed E-state index contributed by atoms with van der Waals surface area (Å²) in [5, 5.41) is 8.24. The van der Waals surface area contributed by atoms with Crippen LogP contribution in [0.15, 0.2) is 27.6 Å². The first-order valence-electron chi connectivity index (χ1n) is 4.38. The van der Waals surface area contributed by atoms with Gasteiger partial charge >= 0.3 is 0 Å². The highest BCUT2D eigenvalue weighted by Gasteiger charge is 2.17. The van der Waals surface area contributed by atoms with Gasteiger partial charge in [-0.15, -0.1) is 0 Å². The highest BCUT2D eigenvalue weighted by Crippen LogP contribution is 2.30. The predicted molar refractivity (Wildman–Crippen MR) is 64.4 cm³/mol. The Bertz CT molecular complexity index is 450. The van der Waals surface area contributed by atoms with Gasteiger partial charge in [0.25, 0.3) is 0 Å². The standard InChI is InChI=1S/C9H11BrN4S/c1-14-3-6(2-12-14)9(13-11)7-4-15-5-8(7)10/h2-5,9,13H,11H2,1H3. The van der Waals surface area contributed by atoms with Gasteiger partial charge in [0.15, 0.2) is 0 Å². The lowest BCUT2D eigenvalue weighted by Gasteiger charge is -2.13. The van der Waals surface area contributed by atoms with E-state index in [1.165, 1.54) is 0 Å². The minimum Gasteiger partial charge on any atom is -0.275 e. The quantitative estimate of drug-likeness (QED) is 0.668. The van der Waals surface area contributed by atoms with E-state index in [2.05, 4.69) is 31.8 Å². The molecule has 0 bridgehead atoms. The van der Waals surface area contributed by atoms with E-state index in [-0.39, 0.29) is 6.04 Å². The van der Waals surface area contributed by atoms with E-state index < -0.39 is 0 Å². The number of hydrogen-bond acceptors (Lipinski definition) is 4. The molecule has 2 heterocycles. The molecule has 0 aromatic carbocycles. The summed E-state index contributed by atoms with van der Waals surface area (Å²) in [7, 11) is 1.89. The van der Waals surface area contributed by atoms with Gasteiger partial charge in [-0.3, -0.25) is 10.5 Å². The predicted octanol–water partition coefficient (Wildman–Crippen LogP) is 1.80. The Balaban J connectivity index is 2.36. The number of nitrogens with zero attached hydrogens (tertiary/aromatic N) is 2. The molecule has 2 aromatic heterocycles. The summed E-state index contributed by atoms with van der Waals surface area (Å²) in [4.78, 5) is 0. The summed E-state index contributed by atoms with van der Waals surface area (Å²) >= 11 is 5.14. The summed E-state index contributed by atoms with van der Waals surface area (Å²) in [5.74, 6) is 5.57. The average Bonchev–Trinajstić information content (AvgIpc) is 2.79. The molecule has 2 rings (SSSR count). The summed E-state index contributed by atoms with van der Waals surface area (Å²) in [6, 6.07) is -0.0145. The van der Waals surface area contributed by atoms with Crippen molar-refractivity contribution >= 4 is 27.3 Å². The maximum Gasteiger partial charge on any atom is 0.0759 e. The number of rotatable bonds is 3. The van der Waals surface area contributed by atoms with Gasteiger partial charge in [0, 0.05) is 28.7 Å². The Morgan fingerprint density at radius 1 is 1.60 bits per heavy atom. The highest BCUT2D eigenvalue weighted by molar-refractivity contribution is 9.10. The Kier molecular flexibility index (Phi) is 3.20. The van der Waals surface area contributed by atoms with Crippen LogP contribution in [0.2, 0.25) is 0 Å². The first-order valence-corrected chi connectivity index (χ1v) is 6.12. The summed E-state index contributed by atoms with van der Waals surface area (Å²) in [6.45, 7) is 0. The third-order valence-electron chi connectivity index (χ3n) is 2.18. The molecular formula is C9H11BrN4S. The largest absolute Gasteiger partial charge is 0.275 e. The van der Waals surface area contributed by atoms with Gasteiger partial charge in [0.1, 0.15) is 0 Å². The van der Waals surface area contributed by atoms with Crippen LogP contribution in [0, 0.1) is 0 Å². The smallest absolute Gasteiger partial charge is 0.0759 e. The van der Waals surface area contributed by atoms with Gasteiger partial charge < -0.3 is 0 Å². The van der Waals surface area contributed by atoms with E-state index in [1.807, 2.05) is 24.8 Å². The van der Waals surface area contributed by atoms with Gasteiger partial charge in [-0.2, -0.15) is 16.4 Å². The van der Waals surface area contributed by atoms with Crippen LogP contribution in [-0.2, 0) is 7.05 Å². The van der Waals surface area contributed by atoms with Crippen molar-refractivity contribution < 1.29 is 0 Å². The van der Waals surface area contributed by atoms with Crippen molar-refractivity contribution in [2.75, 3.05) is 0 Å². The van der Waals surface area contributed by atoms with E-state index in [0.717, 1.165) is 15.6 Å². The van der Waals surface area contributed by atoms with Crippen LogP contribution in [0.25, 0.3) is 0 Å². The molecule has 2 aromatic rings. The molecule has 0 aliphatic carbocycles. The molecule has 0 spiro atoms. The number of thiophene rings is 1. The third-order valence-corrected chi connectivity index (χ3v) is 3.93. The summed E-state index contributed by atoms with van der Waals surface area (Å²) < 4.78 is 2.83. The third kappa shape index (κ3) is 2.12. The summed E-state index contributed by atoms with van der Waals surface area (Å²) in [5.41, 5.74) is 4.99. The monoisotopic (exact) mass is 286 g/mol. The van der Waals surface area contributed by atoms with Crippen LogP contribution < -0.4 is 11.3 Å². The molecule has 0 aliphatic heterocycles. The van der Waals surface area contributed by atoms with Crippen molar-refractivity contribution in [3.05, 3.63) is 38.8 Å². The van der Waals surface area contributed by atoms with Crippen LogP contribution in [0.3, 0.4) is 0 Å². The molecule has 1 atom stereocenters. The molecule has 15 heavy (non-hydrogen) atoms. The van der Waals surface area contributed by atoms with Crippen LogP contribution in [0.4, 0.5) is 0 Å². The maximum atomic E-state index is 5.57. The molecule has 0 aliphatic rings. The Morgan fingerprint density at radius 3 is 2.87 bits per heavy atom. The van der Waals surface area contributed by atoms with Gasteiger partial charge in [-0.25, -0.2) is 5.43 Å². The second kappa shape index (κ2) is 4.44. The van der Waals surface area contributed by atoms with E-state index in [1.54, 1.807) is 16.0 Å². The van der Waals surface area contributed by atoms with E-state index in [9.17, 15) is 0 Å². The van der Waals surface area contributed by atoms with Gasteiger partial charge in [0.2, 0.25) is 0 Å². The molecule has 0 fully saturated rings. The topological polar surface area (TPSA) is 55.9 Å². The van der Waals surface area contributed by atoms with Crippen LogP contribution in [0.1, 0.15) is 17.2 Å². The summed E-state index contributed by atoms with van der Waals surface area (Å²) in [6.07, 6.45) is 3.77. The molecule has 6 heteroatoms. The van der Waals surface area contributed by atoms with Gasteiger partial charge in [-0.05, 0) is 26.9 Å². The molecule has 0 radical (unpaired) electrons. The molecule has 80 valence electrons. The first kappa shape index (κ1) is 10.8. The number of hydrazine groups is 1. The van der Waals surface area contributed by atoms with Crippen molar-refractivity contribution in [3.63, 3.8) is 0 Å². The van der Waals surface area contributed by atoms with Gasteiger partial charge in [-0.1, -0.05) is 0 Å². The molecule has 1 unspecified atom stereocenters. The maximum absolute atomic E-state index is 5.57. The Morgan fingerprint density at radius 2 is 2.40 bits per heavy atom. The van der Waals surface area contributed by atoms with Crippen molar-refractivity contribution in [3.8, 4) is 0 Å². The normalized spacial score (nSPS) is 13.0. The minimum absolute atomic E-state index is 0.0145. The van der Waals surface area contributed by atoms with Crippen molar-refractivity contribution in [1.29, 1.82) is 0 Å². The number of hydrogen-bond donors (Lipinski definition) is 2. The van der Waals surface area contributed by atoms with Crippen molar-refractivity contribution in [1.82, 2.24) is 15.2 Å². The van der Waals surface area contributed by atoms with Crippen LogP contribution in [-0.4, -0.2) is 9.78 Å². The SMILES string of the molecule is Cn1cc(C(NN)c2cscc2Br)cn1. The Hall–Kier alpha value is -0.690. The zero-order valence-corrected chi connectivity index (χ0v) is 10.5. The molecular weight excluding hydrogens is 276 g/mol. The fourth-order valence-electron chi connectivity index (χ4n) is 1.45. The number of nitrogens with one attached hydrogen (secondary N) is 1. The van der Waals surface area contributed by atoms with Crippen molar-refractivity contribution in [2.45, 2.75) is 6.04 Å². The van der Waals surface area contributed by atoms with E-state index in [0.29, 0.717) is 0 Å². The number of aromatic nitrogens is 2. The fourth-order valence-corrected chi connectivity index (χ4v) is 3.00. The second-order valence-corrected chi connectivity index (χ2v) is 4.82. The van der Waals surface area contributed by atoms with E-state index >= 15 is 0 Å². The molecule has 0 saturated heterocycles. The zero-order valence-electron chi connectivity index (χ0n) is 8.14. The molecule has 0 saturated carbocycles. The highest BCUT2D eigenvalue weighted by atomic mass is 79.9. The first-order chi connectivity index (χ1) is 7.22. The molecule has 4 nitrogen and oxygen atoms in total. The number of nitrogens with two attached hydrogens (primary N) is 1. The van der Waals surface area contributed by atoms with E-state index in [4.69, 9.17) is 5.84 Å². The van der Waals surface area contributed by atoms with Crippen LogP contribution in [0.5, 0.6) is 0 Å². The van der Waals surface area contributed by atoms with Crippen LogP contribution >= 0.6 is 27.3 Å². The van der Waals surface area contributed by atoms with Crippen molar-refractivity contribution in [2.24, 2.45) is 12.9 Å². The average molecular weight is 287 g/mol. The lowest BCUT2D eigenvalue weighted by atomic mass is 10.1. The van der Waals surface area contributed by atoms with Gasteiger partial charge in [0.05, 0.1) is 12.2 Å². The minimum atomic E-state index is -0.0145. The second-order valence-electron chi connectivity index (χ2n) is 3.22. The zero-order chi connectivity index (χ0) is 10.8.